The van der Waals surface area contributed by atoms with Gasteiger partial charge in [-0.15, -0.1) is 0 Å². The number of nitrogens with zero attached hydrogens (tertiary/aromatic N) is 5. The molecule has 1 amide bonds. The van der Waals surface area contributed by atoms with Crippen molar-refractivity contribution in [2.75, 3.05) is 72.9 Å². The zero-order valence-electron chi connectivity index (χ0n) is 30.5. The molecule has 3 rings (SSSR count). The number of hydrogen-bond acceptors (Lipinski definition) is 10. The van der Waals surface area contributed by atoms with Gasteiger partial charge in [0.2, 0.25) is 5.91 Å². The first-order chi connectivity index (χ1) is 23.4. The zero-order chi connectivity index (χ0) is 35.8. The van der Waals surface area contributed by atoms with Crippen molar-refractivity contribution >= 4 is 28.7 Å². The predicted octanol–water partition coefficient (Wildman–Crippen LogP) is 4.10. The van der Waals surface area contributed by atoms with Crippen LogP contribution in [-0.4, -0.2) is 108 Å². The molecule has 0 saturated heterocycles. The first-order valence-electron chi connectivity index (χ1n) is 17.5. The van der Waals surface area contributed by atoms with Crippen molar-refractivity contribution in [1.29, 1.82) is 0 Å². The molecular formula is C36H58N8O5. The summed E-state index contributed by atoms with van der Waals surface area (Å²) in [6, 6.07) is 7.03. The highest BCUT2D eigenvalue weighted by Gasteiger charge is 2.16. The molecule has 0 aliphatic heterocycles. The second-order valence-corrected chi connectivity index (χ2v) is 14.1. The van der Waals surface area contributed by atoms with E-state index in [0.717, 1.165) is 38.0 Å². The van der Waals surface area contributed by atoms with Crippen molar-refractivity contribution in [2.45, 2.75) is 78.7 Å². The maximum atomic E-state index is 12.8. The Kier molecular flexibility index (Phi) is 16.2. The average Bonchev–Trinajstić information content (AvgIpc) is 3.37. The largest absolute Gasteiger partial charge is 0.461 e. The fourth-order valence-electron chi connectivity index (χ4n) is 5.50. The summed E-state index contributed by atoms with van der Waals surface area (Å²) in [5.41, 5.74) is 8.00. The number of ketones is 1. The minimum Gasteiger partial charge on any atom is -0.461 e. The van der Waals surface area contributed by atoms with E-state index < -0.39 is 0 Å². The molecule has 2 heterocycles. The smallest absolute Gasteiger partial charge is 0.328 e. The molecule has 3 aromatic rings. The number of nitrogens with one attached hydrogen (secondary N) is 2. The van der Waals surface area contributed by atoms with Gasteiger partial charge in [0.25, 0.3) is 0 Å². The molecule has 0 aliphatic carbocycles. The van der Waals surface area contributed by atoms with Gasteiger partial charge in [0.15, 0.2) is 17.2 Å². The van der Waals surface area contributed by atoms with Gasteiger partial charge in [-0.3, -0.25) is 14.2 Å². The van der Waals surface area contributed by atoms with Gasteiger partial charge in [0, 0.05) is 32.1 Å². The Labute approximate surface area is 290 Å². The Balaban J connectivity index is 1.32. The molecule has 0 saturated carbocycles. The molecule has 0 spiro atoms. The maximum absolute atomic E-state index is 12.8. The minimum atomic E-state index is -0.390. The van der Waals surface area contributed by atoms with Gasteiger partial charge >= 0.3 is 11.7 Å². The zero-order valence-corrected chi connectivity index (χ0v) is 30.5. The van der Waals surface area contributed by atoms with E-state index in [1.54, 1.807) is 31.4 Å². The number of H-pyrrole nitrogens is 1. The van der Waals surface area contributed by atoms with Gasteiger partial charge in [-0.1, -0.05) is 51.5 Å². The van der Waals surface area contributed by atoms with E-state index >= 15 is 0 Å². The van der Waals surface area contributed by atoms with Crippen molar-refractivity contribution < 1.29 is 19.1 Å². The summed E-state index contributed by atoms with van der Waals surface area (Å²) in [5.74, 6) is -0.129. The molecule has 0 unspecified atom stereocenters. The fourth-order valence-corrected chi connectivity index (χ4v) is 5.50. The average molecular weight is 683 g/mol. The highest BCUT2D eigenvalue weighted by Crippen LogP contribution is 2.22. The molecule has 0 radical (unpaired) electrons. The molecule has 4 N–H and O–H groups in total. The number of hydrogen-bond donors (Lipinski definition) is 3. The van der Waals surface area contributed by atoms with Crippen LogP contribution >= 0.6 is 0 Å². The number of aromatic nitrogens is 4. The standard InChI is InChI=1S/C36H58N8O5/c1-36(2,3)18-7-8-20-42(4)21-9-10-22-43(5)23-11-19-38-30(46)17-16-29(45)28-14-12-27(13-15-28)26-44-33-31(39-35(44)47)32(37)40-34(41-33)49-25-24-48-6/h12-15H,7-11,16-26H2,1-6H3,(H,38,46)(H,39,47)(H2,37,40,41). The van der Waals surface area contributed by atoms with Crippen molar-refractivity contribution in [1.82, 2.24) is 34.6 Å². The van der Waals surface area contributed by atoms with E-state index in [-0.39, 0.29) is 55.2 Å². The lowest BCUT2D eigenvalue weighted by Gasteiger charge is -2.21. The Morgan fingerprint density at radius 1 is 0.918 bits per heavy atom. The third-order valence-corrected chi connectivity index (χ3v) is 8.43. The summed E-state index contributed by atoms with van der Waals surface area (Å²) in [6.07, 6.45) is 7.32. The van der Waals surface area contributed by atoms with Gasteiger partial charge in [0.1, 0.15) is 12.1 Å². The highest BCUT2D eigenvalue weighted by molar-refractivity contribution is 5.98. The van der Waals surface area contributed by atoms with Crippen LogP contribution in [0.15, 0.2) is 29.1 Å². The van der Waals surface area contributed by atoms with Gasteiger partial charge in [0.05, 0.1) is 13.2 Å². The molecule has 1 aromatic carbocycles. The van der Waals surface area contributed by atoms with E-state index in [4.69, 9.17) is 15.2 Å². The van der Waals surface area contributed by atoms with Crippen molar-refractivity contribution in [3.05, 3.63) is 45.9 Å². The number of rotatable bonds is 23. The molecule has 49 heavy (non-hydrogen) atoms. The molecule has 0 bridgehead atoms. The van der Waals surface area contributed by atoms with Crippen LogP contribution in [0.25, 0.3) is 11.2 Å². The quantitative estimate of drug-likeness (QED) is 0.0981. The number of carbonyl (C=O) groups is 2. The Bertz CT molecular complexity index is 1510. The number of methoxy groups -OCH3 is 1. The Morgan fingerprint density at radius 3 is 2.18 bits per heavy atom. The molecular weight excluding hydrogens is 624 g/mol. The fraction of sp³-hybridized carbons (Fsp3) is 0.639. The Morgan fingerprint density at radius 2 is 1.55 bits per heavy atom. The van der Waals surface area contributed by atoms with E-state index in [9.17, 15) is 14.4 Å². The van der Waals surface area contributed by atoms with Gasteiger partial charge in [-0.2, -0.15) is 9.97 Å². The summed E-state index contributed by atoms with van der Waals surface area (Å²) in [7, 11) is 5.90. The van der Waals surface area contributed by atoms with Gasteiger partial charge in [-0.05, 0) is 83.4 Å². The molecule has 272 valence electrons. The van der Waals surface area contributed by atoms with Crippen LogP contribution in [0.1, 0.15) is 88.1 Å². The van der Waals surface area contributed by atoms with Crippen LogP contribution in [0.2, 0.25) is 0 Å². The lowest BCUT2D eigenvalue weighted by atomic mass is 9.90. The van der Waals surface area contributed by atoms with Crippen LogP contribution in [-0.2, 0) is 16.1 Å². The molecule has 0 aliphatic rings. The summed E-state index contributed by atoms with van der Waals surface area (Å²) < 4.78 is 11.9. The van der Waals surface area contributed by atoms with Crippen molar-refractivity contribution in [3.63, 3.8) is 0 Å². The predicted molar refractivity (Wildman–Crippen MR) is 194 cm³/mol. The monoisotopic (exact) mass is 682 g/mol. The lowest BCUT2D eigenvalue weighted by Crippen LogP contribution is -2.29. The second-order valence-electron chi connectivity index (χ2n) is 14.1. The highest BCUT2D eigenvalue weighted by atomic mass is 16.5. The number of aromatic amines is 1. The van der Waals surface area contributed by atoms with E-state index in [1.165, 1.54) is 36.8 Å². The lowest BCUT2D eigenvalue weighted by molar-refractivity contribution is -0.121. The molecule has 13 heteroatoms. The van der Waals surface area contributed by atoms with Crippen LogP contribution in [0.3, 0.4) is 0 Å². The summed E-state index contributed by atoms with van der Waals surface area (Å²) >= 11 is 0. The van der Waals surface area contributed by atoms with Crippen LogP contribution in [0.5, 0.6) is 6.01 Å². The summed E-state index contributed by atoms with van der Waals surface area (Å²) in [5, 5.41) is 2.94. The number of imidazole rings is 1. The molecule has 0 atom stereocenters. The number of Topliss-reactive ketones (excluding diaryl/α,β-unsaturated/α-hetero) is 1. The van der Waals surface area contributed by atoms with Crippen LogP contribution in [0.4, 0.5) is 5.82 Å². The van der Waals surface area contributed by atoms with E-state index in [0.29, 0.717) is 35.3 Å². The van der Waals surface area contributed by atoms with Gasteiger partial charge < -0.3 is 35.3 Å². The number of fused-ring (bicyclic) bond motifs is 1. The van der Waals surface area contributed by atoms with E-state index in [1.807, 2.05) is 0 Å². The number of amides is 1. The van der Waals surface area contributed by atoms with Crippen LogP contribution < -0.4 is 21.5 Å². The van der Waals surface area contributed by atoms with Gasteiger partial charge in [-0.25, -0.2) is 4.79 Å². The number of anilines is 1. The second kappa shape index (κ2) is 20.0. The minimum absolute atomic E-state index is 0.0503. The van der Waals surface area contributed by atoms with Crippen molar-refractivity contribution in [3.8, 4) is 6.01 Å². The first kappa shape index (κ1) is 39.6. The number of benzene rings is 1. The molecule has 2 aromatic heterocycles. The molecule has 13 nitrogen and oxygen atoms in total. The number of ether oxygens (including phenoxy) is 2. The summed E-state index contributed by atoms with van der Waals surface area (Å²) in [6.45, 7) is 12.6. The number of unbranched alkanes of at least 4 members (excludes halogenated alkanes) is 2. The normalized spacial score (nSPS) is 11.9. The molecule has 0 fully saturated rings. The SMILES string of the molecule is COCCOc1nc(N)c2[nH]c(=O)n(Cc3ccc(C(=O)CCC(=O)NCCCN(C)CCCCN(C)CCCCC(C)(C)C)cc3)c2n1. The van der Waals surface area contributed by atoms with E-state index in [2.05, 4.69) is 64.9 Å². The first-order valence-corrected chi connectivity index (χ1v) is 17.5. The topological polar surface area (TPSA) is 161 Å². The number of carbonyl (C=O) groups excluding carboxylic acids is 2. The number of nitrogens with two attached hydrogens (primary N) is 1. The third kappa shape index (κ3) is 14.3. The van der Waals surface area contributed by atoms with Crippen molar-refractivity contribution in [2.24, 2.45) is 5.41 Å². The third-order valence-electron chi connectivity index (χ3n) is 8.43. The number of nitrogen functional groups attached to an aromatic ring is 1. The maximum Gasteiger partial charge on any atom is 0.328 e. The summed E-state index contributed by atoms with van der Waals surface area (Å²) in [4.78, 5) is 53.7. The van der Waals surface area contributed by atoms with Crippen LogP contribution in [0, 0.1) is 5.41 Å². The Hall–Kier alpha value is -3.81.